The summed E-state index contributed by atoms with van der Waals surface area (Å²) in [7, 11) is 0. The molecular weight excluding hydrogens is 300 g/mol. The lowest BCUT2D eigenvalue weighted by Gasteiger charge is -2.23. The highest BCUT2D eigenvalue weighted by Gasteiger charge is 2.11. The SMILES string of the molecule is CCCN(CCC)c1cncc(C(=O)Nc2cccc(C#N)c2)c1. The number of aromatic nitrogens is 1. The molecule has 0 aliphatic carbocycles. The van der Waals surface area contributed by atoms with E-state index in [0.29, 0.717) is 16.8 Å². The van der Waals surface area contributed by atoms with Gasteiger partial charge in [-0.1, -0.05) is 19.9 Å². The number of anilines is 2. The number of carbonyl (C=O) groups is 1. The van der Waals surface area contributed by atoms with Gasteiger partial charge in [0.2, 0.25) is 0 Å². The van der Waals surface area contributed by atoms with E-state index in [1.54, 1.807) is 36.7 Å². The summed E-state index contributed by atoms with van der Waals surface area (Å²) in [6.07, 6.45) is 5.43. The second kappa shape index (κ2) is 8.68. The number of carbonyl (C=O) groups excluding carboxylic acids is 1. The molecule has 124 valence electrons. The number of rotatable bonds is 7. The second-order valence-corrected chi connectivity index (χ2v) is 5.57. The number of hydrogen-bond acceptors (Lipinski definition) is 4. The van der Waals surface area contributed by atoms with Crippen molar-refractivity contribution < 1.29 is 4.79 Å². The van der Waals surface area contributed by atoms with E-state index in [9.17, 15) is 4.79 Å². The van der Waals surface area contributed by atoms with E-state index in [-0.39, 0.29) is 5.91 Å². The molecule has 0 bridgehead atoms. The summed E-state index contributed by atoms with van der Waals surface area (Å²) in [5, 5.41) is 11.7. The van der Waals surface area contributed by atoms with Gasteiger partial charge in [0.25, 0.3) is 5.91 Å². The van der Waals surface area contributed by atoms with Crippen LogP contribution in [0.4, 0.5) is 11.4 Å². The lowest BCUT2D eigenvalue weighted by Crippen LogP contribution is -2.25. The first-order valence-corrected chi connectivity index (χ1v) is 8.19. The van der Waals surface area contributed by atoms with Crippen LogP contribution in [0.25, 0.3) is 0 Å². The zero-order valence-corrected chi connectivity index (χ0v) is 14.1. The second-order valence-electron chi connectivity index (χ2n) is 5.57. The summed E-state index contributed by atoms with van der Waals surface area (Å²) < 4.78 is 0. The molecule has 0 unspecified atom stereocenters. The third-order valence-corrected chi connectivity index (χ3v) is 3.59. The maximum Gasteiger partial charge on any atom is 0.257 e. The molecule has 5 nitrogen and oxygen atoms in total. The molecule has 1 aromatic carbocycles. The van der Waals surface area contributed by atoms with Crippen molar-refractivity contribution in [3.05, 3.63) is 53.9 Å². The van der Waals surface area contributed by atoms with Crippen molar-refractivity contribution >= 4 is 17.3 Å². The third-order valence-electron chi connectivity index (χ3n) is 3.59. The standard InChI is InChI=1S/C19H22N4O/c1-3-8-23(9-4-2)18-11-16(13-21-14-18)19(24)22-17-7-5-6-15(10-17)12-20/h5-7,10-11,13-14H,3-4,8-9H2,1-2H3,(H,22,24). The van der Waals surface area contributed by atoms with E-state index in [1.807, 2.05) is 6.07 Å². The van der Waals surface area contributed by atoms with Crippen LogP contribution in [-0.4, -0.2) is 24.0 Å². The molecule has 0 atom stereocenters. The van der Waals surface area contributed by atoms with E-state index >= 15 is 0 Å². The maximum absolute atomic E-state index is 12.5. The number of benzene rings is 1. The molecule has 0 spiro atoms. The summed E-state index contributed by atoms with van der Waals surface area (Å²) >= 11 is 0. The minimum Gasteiger partial charge on any atom is -0.370 e. The van der Waals surface area contributed by atoms with Crippen LogP contribution in [0.15, 0.2) is 42.7 Å². The number of nitrogens with zero attached hydrogens (tertiary/aromatic N) is 3. The Morgan fingerprint density at radius 3 is 2.62 bits per heavy atom. The van der Waals surface area contributed by atoms with Crippen molar-refractivity contribution in [3.8, 4) is 6.07 Å². The smallest absolute Gasteiger partial charge is 0.257 e. The van der Waals surface area contributed by atoms with E-state index in [2.05, 4.69) is 35.1 Å². The fourth-order valence-electron chi connectivity index (χ4n) is 2.50. The van der Waals surface area contributed by atoms with Gasteiger partial charge in [-0.25, -0.2) is 0 Å². The summed E-state index contributed by atoms with van der Waals surface area (Å²) in [4.78, 5) is 18.9. The molecule has 0 fully saturated rings. The summed E-state index contributed by atoms with van der Waals surface area (Å²) in [6, 6.07) is 10.8. The maximum atomic E-state index is 12.5. The lowest BCUT2D eigenvalue weighted by atomic mass is 10.2. The van der Waals surface area contributed by atoms with Crippen molar-refractivity contribution in [2.24, 2.45) is 0 Å². The number of nitriles is 1. The van der Waals surface area contributed by atoms with Crippen LogP contribution < -0.4 is 10.2 Å². The lowest BCUT2D eigenvalue weighted by molar-refractivity contribution is 0.102. The Labute approximate surface area is 142 Å². The van der Waals surface area contributed by atoms with Gasteiger partial charge in [-0.05, 0) is 37.1 Å². The first-order chi connectivity index (χ1) is 11.7. The summed E-state index contributed by atoms with van der Waals surface area (Å²) in [6.45, 7) is 6.14. The van der Waals surface area contributed by atoms with Crippen LogP contribution in [0.5, 0.6) is 0 Å². The average Bonchev–Trinajstić information content (AvgIpc) is 2.62. The van der Waals surface area contributed by atoms with Crippen molar-refractivity contribution in [3.63, 3.8) is 0 Å². The predicted molar refractivity (Wildman–Crippen MR) is 96.1 cm³/mol. The Bertz CT molecular complexity index is 730. The van der Waals surface area contributed by atoms with Crippen LogP contribution >= 0.6 is 0 Å². The van der Waals surface area contributed by atoms with Gasteiger partial charge in [0, 0.05) is 25.0 Å². The van der Waals surface area contributed by atoms with Crippen molar-refractivity contribution in [2.45, 2.75) is 26.7 Å². The van der Waals surface area contributed by atoms with Gasteiger partial charge in [-0.15, -0.1) is 0 Å². The first kappa shape index (κ1) is 17.5. The first-order valence-electron chi connectivity index (χ1n) is 8.19. The normalized spacial score (nSPS) is 10.0. The minimum absolute atomic E-state index is 0.229. The Balaban J connectivity index is 2.17. The molecule has 1 heterocycles. The van der Waals surface area contributed by atoms with E-state index in [0.717, 1.165) is 31.6 Å². The molecule has 5 heteroatoms. The highest BCUT2D eigenvalue weighted by atomic mass is 16.1. The van der Waals surface area contributed by atoms with Crippen LogP contribution in [-0.2, 0) is 0 Å². The molecule has 0 radical (unpaired) electrons. The van der Waals surface area contributed by atoms with Crippen LogP contribution in [0.2, 0.25) is 0 Å². The molecule has 0 saturated heterocycles. The average molecular weight is 322 g/mol. The van der Waals surface area contributed by atoms with Gasteiger partial charge in [-0.3, -0.25) is 9.78 Å². The molecule has 24 heavy (non-hydrogen) atoms. The van der Waals surface area contributed by atoms with Crippen LogP contribution in [0.3, 0.4) is 0 Å². The molecule has 1 N–H and O–H groups in total. The zero-order valence-electron chi connectivity index (χ0n) is 14.1. The zero-order chi connectivity index (χ0) is 17.4. The van der Waals surface area contributed by atoms with Crippen molar-refractivity contribution in [2.75, 3.05) is 23.3 Å². The minimum atomic E-state index is -0.229. The van der Waals surface area contributed by atoms with Crippen LogP contribution in [0.1, 0.15) is 42.6 Å². The fraction of sp³-hybridized carbons (Fsp3) is 0.316. The summed E-state index contributed by atoms with van der Waals surface area (Å²) in [5.41, 5.74) is 2.57. The molecule has 2 rings (SSSR count). The molecular formula is C19H22N4O. The predicted octanol–water partition coefficient (Wildman–Crippen LogP) is 3.83. The van der Waals surface area contributed by atoms with E-state index in [4.69, 9.17) is 5.26 Å². The largest absolute Gasteiger partial charge is 0.370 e. The Kier molecular flexibility index (Phi) is 6.32. The van der Waals surface area contributed by atoms with Gasteiger partial charge in [0.15, 0.2) is 0 Å². The van der Waals surface area contributed by atoms with Gasteiger partial charge >= 0.3 is 0 Å². The highest BCUT2D eigenvalue weighted by molar-refractivity contribution is 6.04. The number of amides is 1. The molecule has 0 aliphatic rings. The molecule has 0 saturated carbocycles. The Morgan fingerprint density at radius 2 is 1.96 bits per heavy atom. The van der Waals surface area contributed by atoms with Gasteiger partial charge in [0.05, 0.1) is 29.1 Å². The van der Waals surface area contributed by atoms with Gasteiger partial charge in [0.1, 0.15) is 0 Å². The molecule has 1 aromatic heterocycles. The monoisotopic (exact) mass is 322 g/mol. The van der Waals surface area contributed by atoms with Crippen molar-refractivity contribution in [1.82, 2.24) is 4.98 Å². The Hall–Kier alpha value is -2.87. The number of nitrogens with one attached hydrogen (secondary N) is 1. The molecule has 2 aromatic rings. The number of hydrogen-bond donors (Lipinski definition) is 1. The van der Waals surface area contributed by atoms with E-state index in [1.165, 1.54) is 0 Å². The van der Waals surface area contributed by atoms with Crippen molar-refractivity contribution in [1.29, 1.82) is 5.26 Å². The van der Waals surface area contributed by atoms with E-state index < -0.39 is 0 Å². The highest BCUT2D eigenvalue weighted by Crippen LogP contribution is 2.17. The van der Waals surface area contributed by atoms with Gasteiger partial charge in [-0.2, -0.15) is 5.26 Å². The molecule has 0 aliphatic heterocycles. The van der Waals surface area contributed by atoms with Gasteiger partial charge < -0.3 is 10.2 Å². The summed E-state index contributed by atoms with van der Waals surface area (Å²) in [5.74, 6) is -0.229. The molecule has 1 amide bonds. The fourth-order valence-corrected chi connectivity index (χ4v) is 2.50. The quantitative estimate of drug-likeness (QED) is 0.841. The third kappa shape index (κ3) is 4.56. The van der Waals surface area contributed by atoms with Crippen LogP contribution in [0, 0.1) is 11.3 Å². The number of pyridine rings is 1. The Morgan fingerprint density at radius 1 is 1.21 bits per heavy atom. The topological polar surface area (TPSA) is 69.0 Å².